The molecule has 0 saturated carbocycles. The molecule has 0 spiro atoms. The second kappa shape index (κ2) is 9.38. The van der Waals surface area contributed by atoms with Crippen molar-refractivity contribution in [2.75, 3.05) is 25.0 Å². The number of likely N-dealkylation sites (tertiary alicyclic amines) is 1. The molecule has 36 heavy (non-hydrogen) atoms. The van der Waals surface area contributed by atoms with E-state index < -0.39 is 69.1 Å². The van der Waals surface area contributed by atoms with Crippen LogP contribution in [0.4, 0.5) is 18.9 Å². The number of hydrogen-bond donors (Lipinski definition) is 4. The van der Waals surface area contributed by atoms with Gasteiger partial charge in [-0.1, -0.05) is 0 Å². The Bertz CT molecular complexity index is 1310. The standard InChI is InChI=1S/C21H24F3N5O6S/c1-9(30)17(25)21(32)29-5-10-8-35-19-15(36(33,34)27-14(10)6-29)7-28(2)18(19)20(31)26-11-3-12(22)16(24)13(23)4-11/h3-4,7,9-10,14,17,27,30H,5-6,8,25H2,1-2H3,(H,26,31)/t9?,10-,14-,17?/m1/s1. The zero-order valence-corrected chi connectivity index (χ0v) is 20.0. The van der Waals surface area contributed by atoms with Gasteiger partial charge in [0.2, 0.25) is 15.9 Å². The van der Waals surface area contributed by atoms with Crippen LogP contribution in [0.25, 0.3) is 0 Å². The minimum absolute atomic E-state index is 0.00369. The second-order valence-corrected chi connectivity index (χ2v) is 10.5. The van der Waals surface area contributed by atoms with Crippen molar-refractivity contribution in [2.24, 2.45) is 18.7 Å². The predicted molar refractivity (Wildman–Crippen MR) is 119 cm³/mol. The summed E-state index contributed by atoms with van der Waals surface area (Å²) in [5.41, 5.74) is 5.08. The highest BCUT2D eigenvalue weighted by Crippen LogP contribution is 2.35. The maximum absolute atomic E-state index is 13.6. The van der Waals surface area contributed by atoms with Crippen LogP contribution in [0.5, 0.6) is 5.75 Å². The third-order valence-electron chi connectivity index (χ3n) is 6.15. The summed E-state index contributed by atoms with van der Waals surface area (Å²) in [4.78, 5) is 26.5. The highest BCUT2D eigenvalue weighted by molar-refractivity contribution is 7.89. The fourth-order valence-electron chi connectivity index (χ4n) is 4.21. The number of nitrogens with two attached hydrogens (primary N) is 1. The molecule has 4 rings (SSSR count). The number of aliphatic hydroxyl groups excluding tert-OH is 1. The van der Waals surface area contributed by atoms with Crippen LogP contribution in [-0.2, 0) is 21.9 Å². The van der Waals surface area contributed by atoms with Crippen LogP contribution in [0.1, 0.15) is 17.4 Å². The van der Waals surface area contributed by atoms with Gasteiger partial charge in [0.25, 0.3) is 5.91 Å². The molecule has 1 saturated heterocycles. The number of fused-ring (bicyclic) bond motifs is 2. The summed E-state index contributed by atoms with van der Waals surface area (Å²) < 4.78 is 76.1. The average molecular weight is 532 g/mol. The van der Waals surface area contributed by atoms with E-state index in [9.17, 15) is 36.3 Å². The quantitative estimate of drug-likeness (QED) is 0.402. The molecule has 2 aliphatic rings. The Morgan fingerprint density at radius 1 is 1.25 bits per heavy atom. The smallest absolute Gasteiger partial charge is 0.276 e. The van der Waals surface area contributed by atoms with Gasteiger partial charge in [-0.15, -0.1) is 0 Å². The van der Waals surface area contributed by atoms with Crippen molar-refractivity contribution in [1.29, 1.82) is 0 Å². The summed E-state index contributed by atoms with van der Waals surface area (Å²) in [6, 6.07) is -0.735. The van der Waals surface area contributed by atoms with Crippen molar-refractivity contribution < 1.29 is 41.0 Å². The number of aryl methyl sites for hydroxylation is 1. The van der Waals surface area contributed by atoms with Crippen LogP contribution in [-0.4, -0.2) is 72.7 Å². The highest BCUT2D eigenvalue weighted by Gasteiger charge is 2.43. The van der Waals surface area contributed by atoms with Crippen LogP contribution >= 0.6 is 0 Å². The van der Waals surface area contributed by atoms with E-state index in [2.05, 4.69) is 10.0 Å². The molecule has 0 bridgehead atoms. The Kier molecular flexibility index (Phi) is 6.76. The number of nitrogens with one attached hydrogen (secondary N) is 2. The molecule has 0 radical (unpaired) electrons. The summed E-state index contributed by atoms with van der Waals surface area (Å²) in [5.74, 6) is -7.04. The monoisotopic (exact) mass is 531 g/mol. The van der Waals surface area contributed by atoms with Crippen molar-refractivity contribution in [3.8, 4) is 5.75 Å². The summed E-state index contributed by atoms with van der Waals surface area (Å²) in [6.45, 7) is 1.37. The minimum Gasteiger partial charge on any atom is -0.489 e. The SMILES string of the molecule is CC(O)C(N)C(=O)N1C[C@@H]2COc3c(cn(C)c3C(=O)Nc3cc(F)c(F)c(F)c3)S(=O)(=O)N[C@@H]2C1. The summed E-state index contributed by atoms with van der Waals surface area (Å²) >= 11 is 0. The maximum Gasteiger partial charge on any atom is 0.276 e. The Balaban J connectivity index is 1.61. The molecule has 11 nitrogen and oxygen atoms in total. The molecule has 1 aromatic carbocycles. The van der Waals surface area contributed by atoms with Gasteiger partial charge < -0.3 is 30.4 Å². The van der Waals surface area contributed by atoms with Crippen LogP contribution in [0.3, 0.4) is 0 Å². The molecule has 1 aromatic heterocycles. The first-order valence-corrected chi connectivity index (χ1v) is 12.3. The molecule has 2 amide bonds. The number of carbonyl (C=O) groups excluding carboxylic acids is 2. The van der Waals surface area contributed by atoms with Gasteiger partial charge in [-0.25, -0.2) is 26.3 Å². The van der Waals surface area contributed by atoms with Crippen LogP contribution in [0, 0.1) is 23.4 Å². The first-order chi connectivity index (χ1) is 16.8. The first-order valence-electron chi connectivity index (χ1n) is 10.8. The van der Waals surface area contributed by atoms with E-state index in [4.69, 9.17) is 10.5 Å². The number of aliphatic hydroxyl groups is 1. The normalized spacial score (nSPS) is 22.5. The molecular weight excluding hydrogens is 507 g/mol. The Labute approximate surface area is 204 Å². The second-order valence-electron chi connectivity index (χ2n) is 8.80. The van der Waals surface area contributed by atoms with Gasteiger partial charge in [0.15, 0.2) is 28.9 Å². The number of halogens is 3. The van der Waals surface area contributed by atoms with Gasteiger partial charge in [0.05, 0.1) is 12.7 Å². The van der Waals surface area contributed by atoms with Gasteiger partial charge in [-0.2, -0.15) is 0 Å². The predicted octanol–water partition coefficient (Wildman–Crippen LogP) is -0.0995. The summed E-state index contributed by atoms with van der Waals surface area (Å²) in [7, 11) is -2.85. The zero-order chi connectivity index (χ0) is 26.5. The van der Waals surface area contributed by atoms with Crippen molar-refractivity contribution in [2.45, 2.75) is 30.0 Å². The maximum atomic E-state index is 13.6. The number of benzene rings is 1. The fourth-order valence-corrected chi connectivity index (χ4v) is 5.70. The van der Waals surface area contributed by atoms with E-state index >= 15 is 0 Å². The molecule has 0 aliphatic carbocycles. The van der Waals surface area contributed by atoms with Crippen LogP contribution in [0.15, 0.2) is 23.2 Å². The molecular formula is C21H24F3N5O6S. The number of anilines is 1. The minimum atomic E-state index is -4.23. The van der Waals surface area contributed by atoms with E-state index in [-0.39, 0.29) is 36.0 Å². The van der Waals surface area contributed by atoms with Crippen molar-refractivity contribution in [3.05, 3.63) is 41.5 Å². The van der Waals surface area contributed by atoms with E-state index in [0.717, 1.165) is 6.20 Å². The van der Waals surface area contributed by atoms with Gasteiger partial charge in [-0.3, -0.25) is 9.59 Å². The molecule has 2 aromatic rings. The number of hydrogen-bond acceptors (Lipinski definition) is 7. The number of carbonyl (C=O) groups is 2. The van der Waals surface area contributed by atoms with E-state index in [1.807, 2.05) is 0 Å². The number of amides is 2. The third-order valence-corrected chi connectivity index (χ3v) is 7.64. The van der Waals surface area contributed by atoms with E-state index in [1.165, 1.54) is 23.4 Å². The van der Waals surface area contributed by atoms with Crippen LogP contribution in [0.2, 0.25) is 0 Å². The number of rotatable bonds is 4. The topological polar surface area (TPSA) is 156 Å². The molecule has 196 valence electrons. The van der Waals surface area contributed by atoms with Gasteiger partial charge in [-0.05, 0) is 6.92 Å². The lowest BCUT2D eigenvalue weighted by Gasteiger charge is -2.23. The highest BCUT2D eigenvalue weighted by atomic mass is 32.2. The lowest BCUT2D eigenvalue weighted by Crippen LogP contribution is -2.49. The first kappa shape index (κ1) is 25.9. The largest absolute Gasteiger partial charge is 0.489 e. The third kappa shape index (κ3) is 4.66. The van der Waals surface area contributed by atoms with Gasteiger partial charge in [0, 0.05) is 56.1 Å². The van der Waals surface area contributed by atoms with Crippen LogP contribution < -0.4 is 20.5 Å². The van der Waals surface area contributed by atoms with E-state index in [0.29, 0.717) is 12.1 Å². The molecule has 1 fully saturated rings. The fraction of sp³-hybridized carbons (Fsp3) is 0.429. The Hall–Kier alpha value is -3.14. The van der Waals surface area contributed by atoms with Gasteiger partial charge >= 0.3 is 0 Å². The number of ether oxygens (including phenoxy) is 1. The lowest BCUT2D eigenvalue weighted by molar-refractivity contribution is -0.134. The molecule has 15 heteroatoms. The Morgan fingerprint density at radius 2 is 1.89 bits per heavy atom. The molecule has 5 N–H and O–H groups in total. The van der Waals surface area contributed by atoms with Gasteiger partial charge in [0.1, 0.15) is 10.9 Å². The lowest BCUT2D eigenvalue weighted by atomic mass is 10.1. The number of aromatic nitrogens is 1. The van der Waals surface area contributed by atoms with Crippen molar-refractivity contribution in [3.63, 3.8) is 0 Å². The molecule has 2 aliphatic heterocycles. The molecule has 3 heterocycles. The average Bonchev–Trinajstić information content (AvgIpc) is 3.34. The summed E-state index contributed by atoms with van der Waals surface area (Å²) in [6.07, 6.45) is 0.0351. The van der Waals surface area contributed by atoms with Crippen molar-refractivity contribution in [1.82, 2.24) is 14.2 Å². The summed E-state index contributed by atoms with van der Waals surface area (Å²) in [5, 5.41) is 11.8. The van der Waals surface area contributed by atoms with Crippen molar-refractivity contribution >= 4 is 27.5 Å². The number of nitrogens with zero attached hydrogens (tertiary/aromatic N) is 2. The number of sulfonamides is 1. The molecule has 4 atom stereocenters. The van der Waals surface area contributed by atoms with E-state index in [1.54, 1.807) is 0 Å². The molecule has 2 unspecified atom stereocenters. The zero-order valence-electron chi connectivity index (χ0n) is 19.2. The Morgan fingerprint density at radius 3 is 2.50 bits per heavy atom.